The Hall–Kier alpha value is -1.10. The average molecular weight is 211 g/mol. The maximum Gasteiger partial charge on any atom is 0.223 e. The predicted molar refractivity (Wildman–Crippen MR) is 55.7 cm³/mol. The van der Waals surface area contributed by atoms with Crippen LogP contribution in [0.4, 0.5) is 5.13 Å². The SMILES string of the molecule is CCCC(=O)N1Cc2nc(N)sc2C1. The van der Waals surface area contributed by atoms with Crippen molar-refractivity contribution in [2.45, 2.75) is 32.9 Å². The number of nitrogens with zero attached hydrogens (tertiary/aromatic N) is 2. The highest BCUT2D eigenvalue weighted by Gasteiger charge is 2.25. The molecule has 2 heterocycles. The van der Waals surface area contributed by atoms with Gasteiger partial charge in [0.2, 0.25) is 5.91 Å². The third-order valence-electron chi connectivity index (χ3n) is 2.29. The van der Waals surface area contributed by atoms with Gasteiger partial charge < -0.3 is 10.6 Å². The maximum absolute atomic E-state index is 11.6. The first-order valence-corrected chi connectivity index (χ1v) is 5.54. The summed E-state index contributed by atoms with van der Waals surface area (Å²) in [5.41, 5.74) is 6.56. The van der Waals surface area contributed by atoms with Crippen LogP contribution < -0.4 is 5.73 Å². The first kappa shape index (κ1) is 9.45. The summed E-state index contributed by atoms with van der Waals surface area (Å²) in [6.45, 7) is 3.35. The summed E-state index contributed by atoms with van der Waals surface area (Å²) in [7, 11) is 0. The number of carbonyl (C=O) groups excluding carboxylic acids is 1. The molecule has 1 aliphatic heterocycles. The number of rotatable bonds is 2. The van der Waals surface area contributed by atoms with Crippen molar-refractivity contribution in [1.29, 1.82) is 0 Å². The van der Waals surface area contributed by atoms with Gasteiger partial charge in [-0.15, -0.1) is 11.3 Å². The summed E-state index contributed by atoms with van der Waals surface area (Å²) in [6, 6.07) is 0. The lowest BCUT2D eigenvalue weighted by molar-refractivity contribution is -0.131. The molecule has 2 rings (SSSR count). The highest BCUT2D eigenvalue weighted by molar-refractivity contribution is 7.15. The summed E-state index contributed by atoms with van der Waals surface area (Å²) in [5, 5.41) is 0.609. The van der Waals surface area contributed by atoms with E-state index in [1.165, 1.54) is 11.3 Å². The molecule has 1 aromatic heterocycles. The van der Waals surface area contributed by atoms with Crippen molar-refractivity contribution in [3.63, 3.8) is 0 Å². The minimum absolute atomic E-state index is 0.219. The van der Waals surface area contributed by atoms with E-state index < -0.39 is 0 Å². The molecule has 5 heteroatoms. The molecule has 0 radical (unpaired) electrons. The van der Waals surface area contributed by atoms with Gasteiger partial charge in [0, 0.05) is 6.42 Å². The van der Waals surface area contributed by atoms with E-state index in [2.05, 4.69) is 4.98 Å². The molecule has 14 heavy (non-hydrogen) atoms. The van der Waals surface area contributed by atoms with Gasteiger partial charge in [0.1, 0.15) is 0 Å². The average Bonchev–Trinajstić information content (AvgIpc) is 2.61. The van der Waals surface area contributed by atoms with Gasteiger partial charge in [-0.1, -0.05) is 6.92 Å². The van der Waals surface area contributed by atoms with E-state index in [0.717, 1.165) is 17.0 Å². The number of thiazole rings is 1. The standard InChI is InChI=1S/C9H13N3OS/c1-2-3-8(13)12-4-6-7(5-12)14-9(10)11-6/h2-5H2,1H3,(H2,10,11). The topological polar surface area (TPSA) is 59.2 Å². The minimum atomic E-state index is 0.219. The molecule has 0 unspecified atom stereocenters. The quantitative estimate of drug-likeness (QED) is 0.803. The predicted octanol–water partition coefficient (Wildman–Crippen LogP) is 1.37. The van der Waals surface area contributed by atoms with Crippen LogP contribution in [0, 0.1) is 0 Å². The van der Waals surface area contributed by atoms with Crippen molar-refractivity contribution in [2.75, 3.05) is 5.73 Å². The Kier molecular flexibility index (Phi) is 2.41. The number of nitrogens with two attached hydrogens (primary N) is 1. The molecule has 2 N–H and O–H groups in total. The molecular formula is C9H13N3OS. The number of carbonyl (C=O) groups is 1. The molecule has 0 saturated carbocycles. The van der Waals surface area contributed by atoms with Crippen LogP contribution in [0.5, 0.6) is 0 Å². The van der Waals surface area contributed by atoms with Crippen LogP contribution >= 0.6 is 11.3 Å². The second-order valence-electron chi connectivity index (χ2n) is 3.42. The van der Waals surface area contributed by atoms with Crippen molar-refractivity contribution in [3.8, 4) is 0 Å². The van der Waals surface area contributed by atoms with Crippen LogP contribution in [0.25, 0.3) is 0 Å². The summed E-state index contributed by atoms with van der Waals surface area (Å²) < 4.78 is 0. The lowest BCUT2D eigenvalue weighted by atomic mass is 10.3. The van der Waals surface area contributed by atoms with Crippen molar-refractivity contribution in [3.05, 3.63) is 10.6 Å². The van der Waals surface area contributed by atoms with Crippen molar-refractivity contribution < 1.29 is 4.79 Å². The van der Waals surface area contributed by atoms with E-state index in [1.807, 2.05) is 11.8 Å². The Morgan fingerprint density at radius 3 is 3.07 bits per heavy atom. The molecule has 1 amide bonds. The Balaban J connectivity index is 2.05. The van der Waals surface area contributed by atoms with Gasteiger partial charge in [-0.25, -0.2) is 4.98 Å². The summed E-state index contributed by atoms with van der Waals surface area (Å²) in [4.78, 5) is 18.7. The Morgan fingerprint density at radius 1 is 1.64 bits per heavy atom. The fourth-order valence-corrected chi connectivity index (χ4v) is 2.47. The van der Waals surface area contributed by atoms with Crippen LogP contribution in [0.1, 0.15) is 30.3 Å². The highest BCUT2D eigenvalue weighted by atomic mass is 32.1. The van der Waals surface area contributed by atoms with E-state index in [0.29, 0.717) is 24.6 Å². The molecule has 0 aliphatic carbocycles. The van der Waals surface area contributed by atoms with Gasteiger partial charge >= 0.3 is 0 Å². The monoisotopic (exact) mass is 211 g/mol. The van der Waals surface area contributed by atoms with Gasteiger partial charge in [0.15, 0.2) is 5.13 Å². The normalized spacial score (nSPS) is 14.5. The lowest BCUT2D eigenvalue weighted by Crippen LogP contribution is -2.24. The first-order valence-electron chi connectivity index (χ1n) is 4.72. The molecule has 0 saturated heterocycles. The van der Waals surface area contributed by atoms with Crippen LogP contribution in [-0.2, 0) is 17.9 Å². The fourth-order valence-electron chi connectivity index (χ4n) is 1.61. The Morgan fingerprint density at radius 2 is 2.43 bits per heavy atom. The third kappa shape index (κ3) is 1.59. The number of fused-ring (bicyclic) bond motifs is 1. The second kappa shape index (κ2) is 3.57. The van der Waals surface area contributed by atoms with Crippen molar-refractivity contribution in [1.82, 2.24) is 9.88 Å². The number of anilines is 1. The zero-order valence-electron chi connectivity index (χ0n) is 8.12. The van der Waals surface area contributed by atoms with E-state index in [9.17, 15) is 4.79 Å². The van der Waals surface area contributed by atoms with Gasteiger partial charge in [0.05, 0.1) is 23.7 Å². The van der Waals surface area contributed by atoms with E-state index in [-0.39, 0.29) is 5.91 Å². The molecular weight excluding hydrogens is 198 g/mol. The van der Waals surface area contributed by atoms with Crippen LogP contribution in [0.3, 0.4) is 0 Å². The molecule has 0 bridgehead atoms. The summed E-state index contributed by atoms with van der Waals surface area (Å²) >= 11 is 1.49. The second-order valence-corrected chi connectivity index (χ2v) is 4.54. The largest absolute Gasteiger partial charge is 0.375 e. The van der Waals surface area contributed by atoms with E-state index in [4.69, 9.17) is 5.73 Å². The van der Waals surface area contributed by atoms with Crippen LogP contribution in [0.15, 0.2) is 0 Å². The molecule has 76 valence electrons. The van der Waals surface area contributed by atoms with E-state index in [1.54, 1.807) is 0 Å². The number of hydrogen-bond donors (Lipinski definition) is 1. The van der Waals surface area contributed by atoms with Gasteiger partial charge in [0.25, 0.3) is 0 Å². The minimum Gasteiger partial charge on any atom is -0.375 e. The highest BCUT2D eigenvalue weighted by Crippen LogP contribution is 2.29. The molecule has 1 aliphatic rings. The summed E-state index contributed by atoms with van der Waals surface area (Å²) in [5.74, 6) is 0.219. The smallest absolute Gasteiger partial charge is 0.223 e. The van der Waals surface area contributed by atoms with Gasteiger partial charge in [-0.3, -0.25) is 4.79 Å². The van der Waals surface area contributed by atoms with Crippen molar-refractivity contribution >= 4 is 22.4 Å². The molecule has 0 spiro atoms. The fraction of sp³-hybridized carbons (Fsp3) is 0.556. The number of amides is 1. The van der Waals surface area contributed by atoms with Crippen molar-refractivity contribution in [2.24, 2.45) is 0 Å². The Labute approximate surface area is 86.7 Å². The van der Waals surface area contributed by atoms with Crippen LogP contribution in [-0.4, -0.2) is 15.8 Å². The molecule has 0 atom stereocenters. The third-order valence-corrected chi connectivity index (χ3v) is 3.20. The number of nitrogen functional groups attached to an aromatic ring is 1. The summed E-state index contributed by atoms with van der Waals surface area (Å²) in [6.07, 6.45) is 1.53. The number of aromatic nitrogens is 1. The zero-order valence-corrected chi connectivity index (χ0v) is 8.93. The van der Waals surface area contributed by atoms with E-state index >= 15 is 0 Å². The molecule has 4 nitrogen and oxygen atoms in total. The van der Waals surface area contributed by atoms with Crippen LogP contribution in [0.2, 0.25) is 0 Å². The van der Waals surface area contributed by atoms with Gasteiger partial charge in [-0.05, 0) is 6.42 Å². The molecule has 1 aromatic rings. The first-order chi connectivity index (χ1) is 6.70. The number of hydrogen-bond acceptors (Lipinski definition) is 4. The maximum atomic E-state index is 11.6. The molecule has 0 fully saturated rings. The molecule has 0 aromatic carbocycles. The zero-order chi connectivity index (χ0) is 10.1. The lowest BCUT2D eigenvalue weighted by Gasteiger charge is -2.14. The Bertz CT molecular complexity index is 337. The van der Waals surface area contributed by atoms with Gasteiger partial charge in [-0.2, -0.15) is 0 Å².